The van der Waals surface area contributed by atoms with Crippen LogP contribution in [0.25, 0.3) is 0 Å². The number of carbonyl (C=O) groups is 4. The maximum atomic E-state index is 13.3. The highest BCUT2D eigenvalue weighted by Crippen LogP contribution is 2.37. The highest BCUT2D eigenvalue weighted by molar-refractivity contribution is 8.04. The molecule has 0 saturated heterocycles. The lowest BCUT2D eigenvalue weighted by molar-refractivity contribution is -0.499. The summed E-state index contributed by atoms with van der Waals surface area (Å²) in [5, 5.41) is 8.78. The number of amides is 4. The Bertz CT molecular complexity index is 1360. The number of hydrazine groups is 1. The molecular formula is C24H22Cl2N5O5S+. The number of anilines is 2. The van der Waals surface area contributed by atoms with E-state index in [1.165, 1.54) is 37.3 Å². The lowest BCUT2D eigenvalue weighted by Crippen LogP contribution is -2.36. The van der Waals surface area contributed by atoms with E-state index in [2.05, 4.69) is 22.5 Å². The average molecular weight is 563 g/mol. The Morgan fingerprint density at radius 3 is 2.49 bits per heavy atom. The van der Waals surface area contributed by atoms with Crippen molar-refractivity contribution >= 4 is 70.0 Å². The molecule has 37 heavy (non-hydrogen) atoms. The molecule has 1 aliphatic heterocycles. The fraction of sp³-hybridized carbons (Fsp3) is 0.167. The van der Waals surface area contributed by atoms with E-state index in [1.807, 2.05) is 0 Å². The van der Waals surface area contributed by atoms with Crippen molar-refractivity contribution in [2.45, 2.75) is 13.8 Å². The number of nitroso groups, excluding NO2 is 1. The van der Waals surface area contributed by atoms with Crippen molar-refractivity contribution in [2.24, 2.45) is 0 Å². The van der Waals surface area contributed by atoms with Crippen LogP contribution in [0.1, 0.15) is 24.2 Å². The first kappa shape index (κ1) is 27.9. The van der Waals surface area contributed by atoms with E-state index in [0.717, 1.165) is 16.8 Å². The van der Waals surface area contributed by atoms with Crippen LogP contribution in [0.5, 0.6) is 0 Å². The van der Waals surface area contributed by atoms with Gasteiger partial charge >= 0.3 is 17.6 Å². The van der Waals surface area contributed by atoms with Gasteiger partial charge in [0.2, 0.25) is 11.8 Å². The van der Waals surface area contributed by atoms with Crippen LogP contribution in [0.4, 0.5) is 11.4 Å². The Hall–Kier alpha value is -3.67. The molecule has 0 atom stereocenters. The SMILES string of the molecule is C=C(C)C(=O)NCCSC1=C(NC(=O)c2cccc(NC(C)=O)c2)[N+](=O)N(c2cc(Cl)ccc2Cl)C1=O. The molecule has 0 unspecified atom stereocenters. The van der Waals surface area contributed by atoms with Gasteiger partial charge in [-0.25, -0.2) is 4.79 Å². The second-order valence-corrected chi connectivity index (χ2v) is 9.71. The van der Waals surface area contributed by atoms with Crippen LogP contribution in [0.2, 0.25) is 10.0 Å². The van der Waals surface area contributed by atoms with Gasteiger partial charge in [-0.1, -0.05) is 40.9 Å². The van der Waals surface area contributed by atoms with Crippen molar-refractivity contribution < 1.29 is 24.0 Å². The molecule has 3 N–H and O–H groups in total. The third kappa shape index (κ3) is 6.76. The van der Waals surface area contributed by atoms with Crippen LogP contribution < -0.4 is 21.0 Å². The first-order valence-corrected chi connectivity index (χ1v) is 12.5. The zero-order valence-electron chi connectivity index (χ0n) is 19.8. The molecule has 3 rings (SSSR count). The van der Waals surface area contributed by atoms with Crippen molar-refractivity contribution in [3.05, 3.63) is 85.9 Å². The van der Waals surface area contributed by atoms with Crippen molar-refractivity contribution in [3.63, 3.8) is 0 Å². The Labute approximate surface area is 226 Å². The van der Waals surface area contributed by atoms with Crippen LogP contribution in [0.15, 0.2) is 65.3 Å². The minimum atomic E-state index is -0.738. The quantitative estimate of drug-likeness (QED) is 0.240. The van der Waals surface area contributed by atoms with Gasteiger partial charge in [-0.3, -0.25) is 14.4 Å². The van der Waals surface area contributed by atoms with Gasteiger partial charge < -0.3 is 10.6 Å². The van der Waals surface area contributed by atoms with Gasteiger partial charge in [0, 0.05) is 35.5 Å². The minimum absolute atomic E-state index is 0.0276. The molecule has 1 aliphatic rings. The van der Waals surface area contributed by atoms with Crippen LogP contribution in [-0.4, -0.2) is 40.8 Å². The second kappa shape index (κ2) is 12.0. The average Bonchev–Trinajstić information content (AvgIpc) is 3.06. The standard InChI is InChI=1S/C24H21Cl2N5O5S/c1-13(2)22(33)27-9-10-37-20-21(29-23(34)15-5-4-6-17(11-15)28-14(3)32)31(36)30(24(20)35)19-12-16(25)7-8-18(19)26/h4-8,11-12H,1,9-10H2,2-3H3,(H2-,27,28,29,32,33,34,35)/p+1. The first-order chi connectivity index (χ1) is 17.5. The van der Waals surface area contributed by atoms with Crippen LogP contribution >= 0.6 is 35.0 Å². The summed E-state index contributed by atoms with van der Waals surface area (Å²) in [7, 11) is 0. The zero-order valence-corrected chi connectivity index (χ0v) is 22.1. The lowest BCUT2D eigenvalue weighted by atomic mass is 10.2. The third-order valence-corrected chi connectivity index (χ3v) is 6.43. The van der Waals surface area contributed by atoms with Crippen LogP contribution in [0.3, 0.4) is 0 Å². The van der Waals surface area contributed by atoms with Crippen molar-refractivity contribution in [2.75, 3.05) is 22.6 Å². The van der Waals surface area contributed by atoms with Crippen molar-refractivity contribution in [1.82, 2.24) is 10.6 Å². The molecule has 0 aromatic heterocycles. The molecule has 1 heterocycles. The summed E-state index contributed by atoms with van der Waals surface area (Å²) < 4.78 is 0. The number of rotatable bonds is 9. The Balaban J connectivity index is 1.91. The first-order valence-electron chi connectivity index (χ1n) is 10.8. The largest absolute Gasteiger partial charge is 0.369 e. The van der Waals surface area contributed by atoms with Gasteiger partial charge in [-0.05, 0) is 48.2 Å². The number of hydrogen-bond donors (Lipinski definition) is 3. The molecule has 2 aromatic carbocycles. The fourth-order valence-electron chi connectivity index (χ4n) is 3.15. The summed E-state index contributed by atoms with van der Waals surface area (Å²) in [6.07, 6.45) is 0. The number of thioether (sulfide) groups is 1. The number of halogens is 2. The molecule has 0 saturated carbocycles. The lowest BCUT2D eigenvalue weighted by Gasteiger charge is -2.12. The Morgan fingerprint density at radius 2 is 1.81 bits per heavy atom. The Morgan fingerprint density at radius 1 is 1.08 bits per heavy atom. The number of carbonyl (C=O) groups excluding carboxylic acids is 4. The molecule has 4 amide bonds. The molecule has 0 fully saturated rings. The van der Waals surface area contributed by atoms with E-state index in [1.54, 1.807) is 19.1 Å². The zero-order chi connectivity index (χ0) is 27.3. The van der Waals surface area contributed by atoms with Crippen molar-refractivity contribution in [3.8, 4) is 0 Å². The summed E-state index contributed by atoms with van der Waals surface area (Å²) in [6.45, 7) is 6.61. The second-order valence-electron chi connectivity index (χ2n) is 7.76. The van der Waals surface area contributed by atoms with Gasteiger partial charge in [0.15, 0.2) is 4.91 Å². The molecular weight excluding hydrogens is 541 g/mol. The predicted octanol–water partition coefficient (Wildman–Crippen LogP) is 4.02. The summed E-state index contributed by atoms with van der Waals surface area (Å²) >= 11 is 13.3. The normalized spacial score (nSPS) is 13.0. The van der Waals surface area contributed by atoms with E-state index >= 15 is 0 Å². The molecule has 0 radical (unpaired) electrons. The van der Waals surface area contributed by atoms with Gasteiger partial charge in [-0.2, -0.15) is 5.32 Å². The topological polar surface area (TPSA) is 128 Å². The van der Waals surface area contributed by atoms with Gasteiger partial charge in [0.25, 0.3) is 0 Å². The van der Waals surface area contributed by atoms with Crippen LogP contribution in [-0.2, 0) is 14.4 Å². The fourth-order valence-corrected chi connectivity index (χ4v) is 4.39. The van der Waals surface area contributed by atoms with E-state index < -0.39 is 11.8 Å². The molecule has 10 nitrogen and oxygen atoms in total. The summed E-state index contributed by atoms with van der Waals surface area (Å²) in [5.74, 6) is -2.22. The van der Waals surface area contributed by atoms with Crippen LogP contribution in [0, 0.1) is 4.91 Å². The minimum Gasteiger partial charge on any atom is -0.352 e. The summed E-state index contributed by atoms with van der Waals surface area (Å²) in [5.41, 5.74) is 0.866. The summed E-state index contributed by atoms with van der Waals surface area (Å²) in [6, 6.07) is 10.4. The van der Waals surface area contributed by atoms with Gasteiger partial charge in [0.1, 0.15) is 10.6 Å². The van der Waals surface area contributed by atoms with E-state index in [-0.39, 0.29) is 61.0 Å². The molecule has 2 aromatic rings. The Kier molecular flexibility index (Phi) is 9.09. The molecule has 0 aliphatic carbocycles. The predicted molar refractivity (Wildman–Crippen MR) is 143 cm³/mol. The smallest absolute Gasteiger partial charge is 0.352 e. The maximum absolute atomic E-state index is 13.3. The van der Waals surface area contributed by atoms with E-state index in [4.69, 9.17) is 23.2 Å². The third-order valence-electron chi connectivity index (χ3n) is 4.81. The molecule has 0 bridgehead atoms. The van der Waals surface area contributed by atoms with E-state index in [0.29, 0.717) is 11.3 Å². The van der Waals surface area contributed by atoms with Gasteiger partial charge in [0.05, 0.1) is 10.6 Å². The maximum Gasteiger partial charge on any atom is 0.369 e. The highest BCUT2D eigenvalue weighted by Gasteiger charge is 2.47. The number of nitrogens with one attached hydrogen (secondary N) is 3. The molecule has 0 spiro atoms. The number of benzene rings is 2. The number of hydrogen-bond acceptors (Lipinski definition) is 6. The number of nitrogens with zero attached hydrogens (tertiary/aromatic N) is 2. The highest BCUT2D eigenvalue weighted by atomic mass is 35.5. The monoisotopic (exact) mass is 562 g/mol. The van der Waals surface area contributed by atoms with Crippen molar-refractivity contribution in [1.29, 1.82) is 0 Å². The summed E-state index contributed by atoms with van der Waals surface area (Å²) in [4.78, 5) is 62.9. The van der Waals surface area contributed by atoms with E-state index in [9.17, 15) is 24.1 Å². The molecule has 13 heteroatoms. The molecule has 192 valence electrons. The van der Waals surface area contributed by atoms with Gasteiger partial charge in [-0.15, -0.1) is 11.8 Å².